The minimum absolute atomic E-state index is 0.0178. The van der Waals surface area contributed by atoms with Crippen molar-refractivity contribution >= 4 is 35.5 Å². The second-order valence-corrected chi connectivity index (χ2v) is 7.55. The number of aromatic nitrogens is 3. The molecule has 0 fully saturated rings. The Balaban J connectivity index is 1.54. The van der Waals surface area contributed by atoms with Gasteiger partial charge in [0.1, 0.15) is 0 Å². The molecule has 2 aromatic carbocycles. The molecule has 30 heavy (non-hydrogen) atoms. The van der Waals surface area contributed by atoms with Gasteiger partial charge in [-0.25, -0.2) is 9.99 Å². The second-order valence-electron chi connectivity index (χ2n) is 6.17. The predicted octanol–water partition coefficient (Wildman–Crippen LogP) is 2.90. The van der Waals surface area contributed by atoms with E-state index in [1.165, 1.54) is 24.0 Å². The highest BCUT2D eigenvalue weighted by Crippen LogP contribution is 2.26. The van der Waals surface area contributed by atoms with E-state index in [0.717, 1.165) is 11.4 Å². The lowest BCUT2D eigenvalue weighted by molar-refractivity contribution is -0.698. The van der Waals surface area contributed by atoms with Crippen molar-refractivity contribution in [1.29, 1.82) is 0 Å². The fourth-order valence-electron chi connectivity index (χ4n) is 2.60. The summed E-state index contributed by atoms with van der Waals surface area (Å²) in [6, 6.07) is 12.3. The first-order chi connectivity index (χ1) is 14.5. The predicted molar refractivity (Wildman–Crippen MR) is 116 cm³/mol. The number of thioether (sulfide) groups is 1. The third-order valence-electron chi connectivity index (χ3n) is 4.00. The maximum absolute atomic E-state index is 12.1. The zero-order valence-electron chi connectivity index (χ0n) is 16.4. The molecule has 1 aromatic heterocycles. The summed E-state index contributed by atoms with van der Waals surface area (Å²) in [6.45, 7) is 2.30. The Labute approximate surface area is 182 Å². The van der Waals surface area contributed by atoms with E-state index in [1.54, 1.807) is 18.2 Å². The summed E-state index contributed by atoms with van der Waals surface area (Å²) < 4.78 is 7.13. The van der Waals surface area contributed by atoms with Crippen LogP contribution in [0, 0.1) is 0 Å². The minimum atomic E-state index is -0.279. The molecular weight excluding hydrogens is 426 g/mol. The molecule has 0 saturated carbocycles. The molecule has 3 N–H and O–H groups in total. The van der Waals surface area contributed by atoms with Gasteiger partial charge in [-0.15, -0.1) is 5.10 Å². The molecule has 0 radical (unpaired) electrons. The number of halogens is 1. The molecule has 0 spiro atoms. The van der Waals surface area contributed by atoms with E-state index in [-0.39, 0.29) is 17.4 Å². The monoisotopic (exact) mass is 446 g/mol. The van der Waals surface area contributed by atoms with Crippen LogP contribution in [0.25, 0.3) is 11.4 Å². The number of phenolic OH excluding ortho intramolecular Hbond substituents is 1. The smallest absolute Gasteiger partial charge is 0.337 e. The first kappa shape index (κ1) is 21.7. The molecule has 1 heterocycles. The number of amides is 1. The summed E-state index contributed by atoms with van der Waals surface area (Å²) in [4.78, 5) is 12.1. The Hall–Kier alpha value is -3.04. The molecule has 10 heteroatoms. The summed E-state index contributed by atoms with van der Waals surface area (Å²) in [5.74, 6) is 1.07. The summed E-state index contributed by atoms with van der Waals surface area (Å²) >= 11 is 7.32. The summed E-state index contributed by atoms with van der Waals surface area (Å²) in [5.41, 5.74) is 3.99. The molecule has 0 bridgehead atoms. The highest BCUT2D eigenvalue weighted by molar-refractivity contribution is 7.99. The van der Waals surface area contributed by atoms with Crippen LogP contribution in [0.15, 0.2) is 52.7 Å². The Morgan fingerprint density at radius 1 is 1.40 bits per heavy atom. The van der Waals surface area contributed by atoms with Crippen LogP contribution in [0.2, 0.25) is 5.02 Å². The Kier molecular flexibility index (Phi) is 7.31. The van der Waals surface area contributed by atoms with E-state index in [1.807, 2.05) is 36.7 Å². The van der Waals surface area contributed by atoms with Gasteiger partial charge in [0.2, 0.25) is 0 Å². The van der Waals surface area contributed by atoms with Crippen molar-refractivity contribution in [3.05, 3.63) is 53.1 Å². The number of benzene rings is 2. The van der Waals surface area contributed by atoms with Gasteiger partial charge in [-0.3, -0.25) is 4.79 Å². The van der Waals surface area contributed by atoms with Crippen molar-refractivity contribution in [3.63, 3.8) is 0 Å². The van der Waals surface area contributed by atoms with Crippen LogP contribution in [0.1, 0.15) is 12.5 Å². The lowest BCUT2D eigenvalue weighted by Crippen LogP contribution is -2.32. The molecule has 1 amide bonds. The van der Waals surface area contributed by atoms with Gasteiger partial charge in [-0.1, -0.05) is 17.7 Å². The van der Waals surface area contributed by atoms with Gasteiger partial charge in [0, 0.05) is 5.02 Å². The van der Waals surface area contributed by atoms with Crippen LogP contribution in [-0.4, -0.2) is 39.8 Å². The highest BCUT2D eigenvalue weighted by Gasteiger charge is 2.20. The van der Waals surface area contributed by atoms with Gasteiger partial charge in [-0.05, 0) is 60.6 Å². The third-order valence-corrected chi connectivity index (χ3v) is 5.26. The van der Waals surface area contributed by atoms with Gasteiger partial charge in [0.25, 0.3) is 11.7 Å². The fraction of sp³-hybridized carbons (Fsp3) is 0.200. The molecule has 3 aromatic rings. The van der Waals surface area contributed by atoms with E-state index in [0.29, 0.717) is 28.1 Å². The van der Waals surface area contributed by atoms with E-state index < -0.39 is 0 Å². The van der Waals surface area contributed by atoms with E-state index in [9.17, 15) is 9.90 Å². The van der Waals surface area contributed by atoms with Crippen molar-refractivity contribution in [1.82, 2.24) is 15.6 Å². The van der Waals surface area contributed by atoms with Gasteiger partial charge in [0.05, 0.1) is 36.3 Å². The number of nitrogens with zero attached hydrogens (tertiary/aromatic N) is 3. The Morgan fingerprint density at radius 2 is 2.23 bits per heavy atom. The lowest BCUT2D eigenvalue weighted by atomic mass is 10.2. The SMILES string of the molecule is CCOc1ccc(/C=N/NC(=O)CSc2n[nH]c(-c3cccc(Cl)c3)[n+]2C)cc1O. The molecule has 0 aliphatic carbocycles. The molecule has 0 aliphatic heterocycles. The molecule has 3 rings (SSSR count). The minimum Gasteiger partial charge on any atom is -0.504 e. The quantitative estimate of drug-likeness (QED) is 0.213. The largest absolute Gasteiger partial charge is 0.504 e. The number of rotatable bonds is 8. The Bertz CT molecular complexity index is 1070. The molecule has 0 saturated heterocycles. The van der Waals surface area contributed by atoms with Crippen molar-refractivity contribution in [2.24, 2.45) is 12.1 Å². The van der Waals surface area contributed by atoms with E-state index in [2.05, 4.69) is 20.7 Å². The molecule has 0 aliphatic rings. The number of aromatic hydroxyl groups is 1. The molecular formula is C20H21ClN5O3S+. The van der Waals surface area contributed by atoms with Gasteiger partial charge >= 0.3 is 5.16 Å². The fourth-order valence-corrected chi connectivity index (χ4v) is 3.51. The maximum Gasteiger partial charge on any atom is 0.337 e. The van der Waals surface area contributed by atoms with Crippen LogP contribution < -0.4 is 14.7 Å². The van der Waals surface area contributed by atoms with Crippen LogP contribution >= 0.6 is 23.4 Å². The van der Waals surface area contributed by atoms with Crippen LogP contribution in [0.4, 0.5) is 0 Å². The molecule has 0 unspecified atom stereocenters. The normalized spacial score (nSPS) is 11.0. The van der Waals surface area contributed by atoms with Crippen molar-refractivity contribution in [3.8, 4) is 22.9 Å². The van der Waals surface area contributed by atoms with Crippen LogP contribution in [-0.2, 0) is 11.8 Å². The van der Waals surface area contributed by atoms with E-state index >= 15 is 0 Å². The number of hydrazone groups is 1. The van der Waals surface area contributed by atoms with Crippen LogP contribution in [0.3, 0.4) is 0 Å². The number of phenols is 1. The zero-order chi connectivity index (χ0) is 21.5. The van der Waals surface area contributed by atoms with Gasteiger partial charge in [0.15, 0.2) is 11.5 Å². The number of hydrogen-bond donors (Lipinski definition) is 3. The topological polar surface area (TPSA) is 103 Å². The molecule has 8 nitrogen and oxygen atoms in total. The second kappa shape index (κ2) is 10.1. The van der Waals surface area contributed by atoms with Crippen molar-refractivity contribution in [2.45, 2.75) is 12.1 Å². The van der Waals surface area contributed by atoms with Gasteiger partial charge in [-0.2, -0.15) is 5.10 Å². The summed E-state index contributed by atoms with van der Waals surface area (Å²) in [7, 11) is 1.86. The van der Waals surface area contributed by atoms with Gasteiger partial charge < -0.3 is 9.84 Å². The first-order valence-corrected chi connectivity index (χ1v) is 10.4. The Morgan fingerprint density at radius 3 is 2.97 bits per heavy atom. The first-order valence-electron chi connectivity index (χ1n) is 9.08. The summed E-state index contributed by atoms with van der Waals surface area (Å²) in [5, 5.41) is 22.3. The third kappa shape index (κ3) is 5.52. The number of ether oxygens (including phenoxy) is 1. The maximum atomic E-state index is 12.1. The standard InChI is InChI=1S/C20H20ClN5O3S/c1-3-29-17-8-7-13(9-16(17)27)11-22-23-18(28)12-30-20-25-24-19(26(20)2)14-5-4-6-15(21)10-14/h4-11H,3,12H2,1-2H3,(H2,23,27,28)/p+1/b22-11+. The number of aromatic amines is 1. The molecule has 156 valence electrons. The number of carbonyl (C=O) groups excluding carboxylic acids is 1. The number of carbonyl (C=O) groups is 1. The highest BCUT2D eigenvalue weighted by atomic mass is 35.5. The van der Waals surface area contributed by atoms with Crippen molar-refractivity contribution < 1.29 is 19.2 Å². The van der Waals surface area contributed by atoms with E-state index in [4.69, 9.17) is 16.3 Å². The average molecular weight is 447 g/mol. The van der Waals surface area contributed by atoms with Crippen LogP contribution in [0.5, 0.6) is 11.5 Å². The average Bonchev–Trinajstić information content (AvgIpc) is 3.09. The van der Waals surface area contributed by atoms with Crippen molar-refractivity contribution in [2.75, 3.05) is 12.4 Å². The molecule has 0 atom stereocenters. The number of H-pyrrole nitrogens is 1. The number of nitrogens with one attached hydrogen (secondary N) is 2. The lowest BCUT2D eigenvalue weighted by Gasteiger charge is -2.05. The summed E-state index contributed by atoms with van der Waals surface area (Å²) in [6.07, 6.45) is 1.45. The zero-order valence-corrected chi connectivity index (χ0v) is 18.0. The number of hydrogen-bond acceptors (Lipinski definition) is 6.